The Morgan fingerprint density at radius 1 is 0.769 bits per heavy atom. The summed E-state index contributed by atoms with van der Waals surface area (Å²) in [6, 6.07) is 0. The van der Waals surface area contributed by atoms with Gasteiger partial charge in [0.05, 0.1) is 0 Å². The summed E-state index contributed by atoms with van der Waals surface area (Å²) in [6.07, 6.45) is 3.25. The Balaban J connectivity index is 3.65. The normalized spacial score (nSPS) is 12.2. The summed E-state index contributed by atoms with van der Waals surface area (Å²) >= 11 is 0. The maximum absolute atomic E-state index is 3.25. The van der Waals surface area contributed by atoms with E-state index in [0.717, 1.165) is 12.8 Å². The summed E-state index contributed by atoms with van der Waals surface area (Å²) in [5.74, 6) is 6.50. The third kappa shape index (κ3) is 11.6. The molecule has 0 saturated carbocycles. The zero-order valence-corrected chi connectivity index (χ0v) is 10.1. The summed E-state index contributed by atoms with van der Waals surface area (Å²) < 4.78 is 0. The van der Waals surface area contributed by atoms with Crippen LogP contribution in [0, 0.1) is 22.7 Å². The van der Waals surface area contributed by atoms with Crippen LogP contribution in [-0.4, -0.2) is 0 Å². The SMILES string of the molecule is CC(C)(C)CC#CCCC(C)(C)C. The van der Waals surface area contributed by atoms with Crippen LogP contribution in [0.2, 0.25) is 0 Å². The zero-order valence-electron chi connectivity index (χ0n) is 10.1. The lowest BCUT2D eigenvalue weighted by atomic mass is 9.90. The van der Waals surface area contributed by atoms with E-state index in [2.05, 4.69) is 53.4 Å². The van der Waals surface area contributed by atoms with Crippen molar-refractivity contribution in [2.24, 2.45) is 10.8 Å². The summed E-state index contributed by atoms with van der Waals surface area (Å²) in [4.78, 5) is 0. The Kier molecular flexibility index (Phi) is 4.54. The van der Waals surface area contributed by atoms with Crippen molar-refractivity contribution in [3.63, 3.8) is 0 Å². The molecule has 13 heavy (non-hydrogen) atoms. The van der Waals surface area contributed by atoms with Gasteiger partial charge in [0.2, 0.25) is 0 Å². The van der Waals surface area contributed by atoms with Crippen molar-refractivity contribution in [1.82, 2.24) is 0 Å². The predicted octanol–water partition coefficient (Wildman–Crippen LogP) is 4.25. The van der Waals surface area contributed by atoms with Crippen LogP contribution in [0.4, 0.5) is 0 Å². The van der Waals surface area contributed by atoms with Crippen LogP contribution in [0.3, 0.4) is 0 Å². The second kappa shape index (κ2) is 4.70. The van der Waals surface area contributed by atoms with Crippen LogP contribution in [0.25, 0.3) is 0 Å². The average molecular weight is 180 g/mol. The lowest BCUT2D eigenvalue weighted by molar-refractivity contribution is 0.383. The van der Waals surface area contributed by atoms with Crippen LogP contribution >= 0.6 is 0 Å². The Hall–Kier alpha value is -0.440. The van der Waals surface area contributed by atoms with E-state index < -0.39 is 0 Å². The van der Waals surface area contributed by atoms with Crippen molar-refractivity contribution in [2.45, 2.75) is 60.8 Å². The molecule has 0 aromatic heterocycles. The number of rotatable bonds is 1. The van der Waals surface area contributed by atoms with E-state index in [9.17, 15) is 0 Å². The molecule has 0 amide bonds. The van der Waals surface area contributed by atoms with Gasteiger partial charge in [0.25, 0.3) is 0 Å². The molecule has 0 unspecified atom stereocenters. The minimum atomic E-state index is 0.356. The lowest BCUT2D eigenvalue weighted by Crippen LogP contribution is -2.04. The minimum absolute atomic E-state index is 0.356. The molecule has 0 aliphatic carbocycles. The quantitative estimate of drug-likeness (QED) is 0.529. The molecule has 0 N–H and O–H groups in total. The van der Waals surface area contributed by atoms with Gasteiger partial charge in [-0.3, -0.25) is 0 Å². The summed E-state index contributed by atoms with van der Waals surface area (Å²) in [5, 5.41) is 0. The van der Waals surface area contributed by atoms with E-state index in [1.54, 1.807) is 0 Å². The highest BCUT2D eigenvalue weighted by molar-refractivity contribution is 5.01. The summed E-state index contributed by atoms with van der Waals surface area (Å²) in [6.45, 7) is 13.5. The average Bonchev–Trinajstić information content (AvgIpc) is 1.81. The standard InChI is InChI=1S/C13H24/c1-12(2,3)10-8-7-9-11-13(4,5)6/h8,10-11H2,1-6H3. The monoisotopic (exact) mass is 180 g/mol. The van der Waals surface area contributed by atoms with Crippen LogP contribution < -0.4 is 0 Å². The van der Waals surface area contributed by atoms with Crippen LogP contribution in [0.5, 0.6) is 0 Å². The Morgan fingerprint density at radius 2 is 1.31 bits per heavy atom. The van der Waals surface area contributed by atoms with Gasteiger partial charge in [0, 0.05) is 12.8 Å². The van der Waals surface area contributed by atoms with E-state index in [1.165, 1.54) is 6.42 Å². The van der Waals surface area contributed by atoms with Gasteiger partial charge in [-0.2, -0.15) is 0 Å². The second-order valence-corrected chi connectivity index (χ2v) is 6.15. The van der Waals surface area contributed by atoms with E-state index in [-0.39, 0.29) is 0 Å². The van der Waals surface area contributed by atoms with Crippen molar-refractivity contribution in [3.8, 4) is 11.8 Å². The second-order valence-electron chi connectivity index (χ2n) is 6.15. The molecule has 0 aromatic carbocycles. The predicted molar refractivity (Wildman–Crippen MR) is 60.5 cm³/mol. The smallest absolute Gasteiger partial charge is 0.0137 e. The summed E-state index contributed by atoms with van der Waals surface area (Å²) in [7, 11) is 0. The molecule has 0 rings (SSSR count). The van der Waals surface area contributed by atoms with Gasteiger partial charge in [0.1, 0.15) is 0 Å². The molecule has 0 heteroatoms. The highest BCUT2D eigenvalue weighted by Gasteiger charge is 2.08. The van der Waals surface area contributed by atoms with Crippen LogP contribution in [0.1, 0.15) is 60.8 Å². The highest BCUT2D eigenvalue weighted by atomic mass is 14.1. The topological polar surface area (TPSA) is 0 Å². The molecule has 0 nitrogen and oxygen atoms in total. The first-order valence-corrected chi connectivity index (χ1v) is 5.16. The van der Waals surface area contributed by atoms with E-state index in [4.69, 9.17) is 0 Å². The van der Waals surface area contributed by atoms with Gasteiger partial charge in [-0.05, 0) is 17.3 Å². The largest absolute Gasteiger partial charge is 0.103 e. The molecule has 0 spiro atoms. The van der Waals surface area contributed by atoms with Gasteiger partial charge < -0.3 is 0 Å². The molecule has 0 fully saturated rings. The van der Waals surface area contributed by atoms with Crippen LogP contribution in [-0.2, 0) is 0 Å². The first-order chi connectivity index (χ1) is 5.71. The molecule has 0 heterocycles. The Labute approximate surface area is 84.1 Å². The molecule has 0 aromatic rings. The molecule has 0 aliphatic heterocycles. The fraction of sp³-hybridized carbons (Fsp3) is 0.846. The lowest BCUT2D eigenvalue weighted by Gasteiger charge is -2.15. The molecule has 0 saturated heterocycles. The van der Waals surface area contributed by atoms with Gasteiger partial charge in [-0.15, -0.1) is 11.8 Å². The Morgan fingerprint density at radius 3 is 1.69 bits per heavy atom. The van der Waals surface area contributed by atoms with Crippen LogP contribution in [0.15, 0.2) is 0 Å². The van der Waals surface area contributed by atoms with Gasteiger partial charge in [-0.25, -0.2) is 0 Å². The summed E-state index contributed by atoms with van der Waals surface area (Å²) in [5.41, 5.74) is 0.783. The maximum atomic E-state index is 3.25. The van der Waals surface area contributed by atoms with Crippen molar-refractivity contribution in [1.29, 1.82) is 0 Å². The highest BCUT2D eigenvalue weighted by Crippen LogP contribution is 2.20. The third-order valence-corrected chi connectivity index (χ3v) is 1.74. The van der Waals surface area contributed by atoms with E-state index >= 15 is 0 Å². The molecule has 0 bridgehead atoms. The molecule has 0 atom stereocenters. The third-order valence-electron chi connectivity index (χ3n) is 1.74. The zero-order chi connectivity index (χ0) is 10.5. The van der Waals surface area contributed by atoms with Gasteiger partial charge >= 0.3 is 0 Å². The number of hydrogen-bond donors (Lipinski definition) is 0. The molecule has 76 valence electrons. The molecule has 0 aliphatic rings. The van der Waals surface area contributed by atoms with Gasteiger partial charge in [0.15, 0.2) is 0 Å². The van der Waals surface area contributed by atoms with E-state index in [1.807, 2.05) is 0 Å². The number of hydrogen-bond acceptors (Lipinski definition) is 0. The molecular formula is C13H24. The van der Waals surface area contributed by atoms with Crippen molar-refractivity contribution >= 4 is 0 Å². The van der Waals surface area contributed by atoms with Crippen molar-refractivity contribution in [3.05, 3.63) is 0 Å². The molecular weight excluding hydrogens is 156 g/mol. The Bertz CT molecular complexity index is 187. The van der Waals surface area contributed by atoms with Gasteiger partial charge in [-0.1, -0.05) is 41.5 Å². The fourth-order valence-corrected chi connectivity index (χ4v) is 0.854. The first-order valence-electron chi connectivity index (χ1n) is 5.16. The molecule has 0 radical (unpaired) electrons. The maximum Gasteiger partial charge on any atom is 0.0137 e. The van der Waals surface area contributed by atoms with Crippen molar-refractivity contribution in [2.75, 3.05) is 0 Å². The minimum Gasteiger partial charge on any atom is -0.103 e. The first kappa shape index (κ1) is 12.6. The fourth-order valence-electron chi connectivity index (χ4n) is 0.854. The van der Waals surface area contributed by atoms with E-state index in [0.29, 0.717) is 10.8 Å². The van der Waals surface area contributed by atoms with Crippen molar-refractivity contribution < 1.29 is 0 Å².